The second-order valence-electron chi connectivity index (χ2n) is 8.26. The van der Waals surface area contributed by atoms with Gasteiger partial charge in [-0.3, -0.25) is 15.0 Å². The predicted octanol–water partition coefficient (Wildman–Crippen LogP) is 4.94. The van der Waals surface area contributed by atoms with E-state index in [4.69, 9.17) is 4.74 Å². The molecule has 4 rings (SSSR count). The van der Waals surface area contributed by atoms with Gasteiger partial charge in [-0.05, 0) is 61.9 Å². The molecule has 164 valence electrons. The van der Waals surface area contributed by atoms with Crippen LogP contribution in [0, 0.1) is 0 Å². The van der Waals surface area contributed by atoms with Crippen LogP contribution in [0.25, 0.3) is 0 Å². The number of nitrogens with zero attached hydrogens (tertiary/aromatic N) is 1. The topological polar surface area (TPSA) is 70.7 Å². The third kappa shape index (κ3) is 5.07. The summed E-state index contributed by atoms with van der Waals surface area (Å²) in [6, 6.07) is 14.3. The molecule has 1 aliphatic heterocycles. The van der Waals surface area contributed by atoms with Crippen LogP contribution in [0.3, 0.4) is 0 Å². The van der Waals surface area contributed by atoms with Gasteiger partial charge in [-0.2, -0.15) is 0 Å². The molecule has 0 aromatic heterocycles. The Bertz CT molecular complexity index is 937. The van der Waals surface area contributed by atoms with E-state index in [1.54, 1.807) is 6.92 Å². The van der Waals surface area contributed by atoms with E-state index in [1.165, 1.54) is 19.3 Å². The molecule has 1 aliphatic carbocycles. The molecule has 2 aliphatic rings. The average Bonchev–Trinajstić information content (AvgIpc) is 2.95. The maximum Gasteiger partial charge on any atom is 0.411 e. The molecule has 0 spiro atoms. The second-order valence-corrected chi connectivity index (χ2v) is 8.26. The van der Waals surface area contributed by atoms with Gasteiger partial charge in [0.2, 0.25) is 5.91 Å². The van der Waals surface area contributed by atoms with Crippen LogP contribution in [0.2, 0.25) is 0 Å². The SMILES string of the molecule is CCOC(=O)Nc1ccc2c(c1)N(C(=O)CNC1CCCCC1)c1ccccc1CC2. The summed E-state index contributed by atoms with van der Waals surface area (Å²) in [6.07, 6.45) is 7.22. The quantitative estimate of drug-likeness (QED) is 0.717. The van der Waals surface area contributed by atoms with E-state index in [1.807, 2.05) is 41.3 Å². The standard InChI is InChI=1S/C25H31N3O3/c1-2-31-25(30)27-21-15-14-19-13-12-18-8-6-7-11-22(18)28(23(19)16-21)24(29)17-26-20-9-4-3-5-10-20/h6-8,11,14-16,20,26H,2-5,9-10,12-13,17H2,1H3,(H,27,30). The normalized spacial score (nSPS) is 16.1. The van der Waals surface area contributed by atoms with E-state index in [-0.39, 0.29) is 5.91 Å². The van der Waals surface area contributed by atoms with Crippen LogP contribution < -0.4 is 15.5 Å². The molecule has 6 nitrogen and oxygen atoms in total. The maximum atomic E-state index is 13.5. The molecule has 2 N–H and O–H groups in total. The molecule has 0 saturated heterocycles. The van der Waals surface area contributed by atoms with Crippen molar-refractivity contribution in [3.63, 3.8) is 0 Å². The first-order chi connectivity index (χ1) is 15.2. The highest BCUT2D eigenvalue weighted by Crippen LogP contribution is 2.37. The third-order valence-corrected chi connectivity index (χ3v) is 6.14. The Morgan fingerprint density at radius 2 is 1.74 bits per heavy atom. The molecule has 6 heteroatoms. The van der Waals surface area contributed by atoms with Gasteiger partial charge in [0.05, 0.1) is 24.5 Å². The van der Waals surface area contributed by atoms with E-state index in [2.05, 4.69) is 16.7 Å². The lowest BCUT2D eigenvalue weighted by Gasteiger charge is -2.28. The predicted molar refractivity (Wildman–Crippen MR) is 123 cm³/mol. The van der Waals surface area contributed by atoms with Crippen LogP contribution in [0.4, 0.5) is 21.9 Å². The van der Waals surface area contributed by atoms with Gasteiger partial charge in [-0.25, -0.2) is 4.79 Å². The Balaban J connectivity index is 1.63. The minimum Gasteiger partial charge on any atom is -0.450 e. The van der Waals surface area contributed by atoms with Crippen LogP contribution in [0.1, 0.15) is 50.2 Å². The summed E-state index contributed by atoms with van der Waals surface area (Å²) in [5.41, 5.74) is 4.62. The highest BCUT2D eigenvalue weighted by atomic mass is 16.5. The molecule has 1 heterocycles. The lowest BCUT2D eigenvalue weighted by Crippen LogP contribution is -2.41. The van der Waals surface area contributed by atoms with E-state index in [9.17, 15) is 9.59 Å². The number of para-hydroxylation sites is 1. The van der Waals surface area contributed by atoms with Gasteiger partial charge >= 0.3 is 6.09 Å². The summed E-state index contributed by atoms with van der Waals surface area (Å²) in [5, 5.41) is 6.25. The fourth-order valence-electron chi connectivity index (χ4n) is 4.57. The first kappa shape index (κ1) is 21.4. The minimum absolute atomic E-state index is 0.0226. The van der Waals surface area contributed by atoms with E-state index in [0.29, 0.717) is 24.9 Å². The van der Waals surface area contributed by atoms with Gasteiger partial charge in [0.15, 0.2) is 0 Å². The molecule has 0 bridgehead atoms. The van der Waals surface area contributed by atoms with Crippen LogP contribution in [0.5, 0.6) is 0 Å². The number of nitrogens with one attached hydrogen (secondary N) is 2. The smallest absolute Gasteiger partial charge is 0.411 e. The third-order valence-electron chi connectivity index (χ3n) is 6.14. The molecular formula is C25H31N3O3. The Morgan fingerprint density at radius 3 is 2.52 bits per heavy atom. The fourth-order valence-corrected chi connectivity index (χ4v) is 4.57. The largest absolute Gasteiger partial charge is 0.450 e. The summed E-state index contributed by atoms with van der Waals surface area (Å²) >= 11 is 0. The fraction of sp³-hybridized carbons (Fsp3) is 0.440. The summed E-state index contributed by atoms with van der Waals surface area (Å²) in [7, 11) is 0. The average molecular weight is 422 g/mol. The maximum absolute atomic E-state index is 13.5. The van der Waals surface area contributed by atoms with Crippen molar-refractivity contribution in [2.24, 2.45) is 0 Å². The zero-order chi connectivity index (χ0) is 21.6. The summed E-state index contributed by atoms with van der Waals surface area (Å²) in [6.45, 7) is 2.38. The van der Waals surface area contributed by atoms with Gasteiger partial charge in [0.25, 0.3) is 0 Å². The van der Waals surface area contributed by atoms with Crippen molar-refractivity contribution in [3.8, 4) is 0 Å². The number of rotatable bonds is 5. The van der Waals surface area contributed by atoms with E-state index >= 15 is 0 Å². The molecule has 1 saturated carbocycles. The van der Waals surface area contributed by atoms with Crippen molar-refractivity contribution >= 4 is 29.1 Å². The molecule has 2 aromatic carbocycles. The number of carbonyl (C=O) groups is 2. The summed E-state index contributed by atoms with van der Waals surface area (Å²) in [4.78, 5) is 27.2. The summed E-state index contributed by atoms with van der Waals surface area (Å²) < 4.78 is 5.01. The van der Waals surface area contributed by atoms with Crippen LogP contribution in [0.15, 0.2) is 42.5 Å². The second kappa shape index (κ2) is 9.96. The Morgan fingerprint density at radius 1 is 1.00 bits per heavy atom. The zero-order valence-corrected chi connectivity index (χ0v) is 18.2. The van der Waals surface area contributed by atoms with Crippen LogP contribution in [-0.2, 0) is 22.4 Å². The molecular weight excluding hydrogens is 390 g/mol. The highest BCUT2D eigenvalue weighted by molar-refractivity contribution is 6.04. The number of aryl methyl sites for hydroxylation is 2. The van der Waals surface area contributed by atoms with Crippen molar-refractivity contribution in [1.82, 2.24) is 5.32 Å². The Labute approximate surface area is 184 Å². The van der Waals surface area contributed by atoms with Crippen molar-refractivity contribution in [2.45, 2.75) is 57.9 Å². The van der Waals surface area contributed by atoms with E-state index < -0.39 is 6.09 Å². The number of benzene rings is 2. The van der Waals surface area contributed by atoms with Gasteiger partial charge in [0, 0.05) is 11.7 Å². The zero-order valence-electron chi connectivity index (χ0n) is 18.2. The Hall–Kier alpha value is -2.86. The van der Waals surface area contributed by atoms with Crippen molar-refractivity contribution in [1.29, 1.82) is 0 Å². The van der Waals surface area contributed by atoms with Crippen LogP contribution >= 0.6 is 0 Å². The van der Waals surface area contributed by atoms with Gasteiger partial charge in [-0.15, -0.1) is 0 Å². The molecule has 0 unspecified atom stereocenters. The number of amides is 2. The molecule has 1 fully saturated rings. The monoisotopic (exact) mass is 421 g/mol. The molecule has 31 heavy (non-hydrogen) atoms. The summed E-state index contributed by atoms with van der Waals surface area (Å²) in [5.74, 6) is 0.0226. The molecule has 2 aromatic rings. The molecule has 2 amide bonds. The number of ether oxygens (including phenoxy) is 1. The van der Waals surface area contributed by atoms with Gasteiger partial charge in [0.1, 0.15) is 0 Å². The lowest BCUT2D eigenvalue weighted by molar-refractivity contribution is -0.117. The first-order valence-corrected chi connectivity index (χ1v) is 11.4. The molecule has 0 atom stereocenters. The molecule has 0 radical (unpaired) electrons. The highest BCUT2D eigenvalue weighted by Gasteiger charge is 2.27. The number of anilines is 3. The minimum atomic E-state index is -0.492. The number of fused-ring (bicyclic) bond motifs is 2. The lowest BCUT2D eigenvalue weighted by atomic mass is 9.95. The van der Waals surface area contributed by atoms with Gasteiger partial charge in [-0.1, -0.05) is 43.5 Å². The number of hydrogen-bond acceptors (Lipinski definition) is 4. The van der Waals surface area contributed by atoms with Crippen molar-refractivity contribution in [2.75, 3.05) is 23.4 Å². The Kier molecular flexibility index (Phi) is 6.87. The van der Waals surface area contributed by atoms with Crippen molar-refractivity contribution < 1.29 is 14.3 Å². The first-order valence-electron chi connectivity index (χ1n) is 11.4. The number of hydrogen-bond donors (Lipinski definition) is 2. The van der Waals surface area contributed by atoms with Gasteiger partial charge < -0.3 is 10.1 Å². The van der Waals surface area contributed by atoms with Crippen LogP contribution in [-0.4, -0.2) is 31.2 Å². The number of carbonyl (C=O) groups excluding carboxylic acids is 2. The van der Waals surface area contributed by atoms with E-state index in [0.717, 1.165) is 48.2 Å². The van der Waals surface area contributed by atoms with Crippen molar-refractivity contribution in [3.05, 3.63) is 53.6 Å².